The van der Waals surface area contributed by atoms with Gasteiger partial charge in [0.15, 0.2) is 11.5 Å². The largest absolute Gasteiger partial charge is 0.457 e. The first-order valence-electron chi connectivity index (χ1n) is 5.58. The summed E-state index contributed by atoms with van der Waals surface area (Å²) < 4.78 is 5.46. The Kier molecular flexibility index (Phi) is 3.21. The second-order valence-electron chi connectivity index (χ2n) is 4.16. The van der Waals surface area contributed by atoms with Gasteiger partial charge in [0.2, 0.25) is 0 Å². The molecule has 2 rings (SSSR count). The molecule has 3 heteroatoms. The molecule has 1 aromatic heterocycles. The highest BCUT2D eigenvalue weighted by Gasteiger charge is 2.13. The van der Waals surface area contributed by atoms with Crippen LogP contribution in [-0.4, -0.2) is 23.8 Å². The van der Waals surface area contributed by atoms with Crippen molar-refractivity contribution in [2.45, 2.75) is 32.7 Å². The maximum absolute atomic E-state index is 11.0. The highest BCUT2D eigenvalue weighted by molar-refractivity contribution is 5.91. The van der Waals surface area contributed by atoms with E-state index in [-0.39, 0.29) is 5.78 Å². The van der Waals surface area contributed by atoms with E-state index < -0.39 is 0 Å². The van der Waals surface area contributed by atoms with Crippen molar-refractivity contribution in [1.29, 1.82) is 0 Å². The summed E-state index contributed by atoms with van der Waals surface area (Å²) in [6, 6.07) is 3.67. The summed E-state index contributed by atoms with van der Waals surface area (Å²) in [7, 11) is 0. The predicted molar refractivity (Wildman–Crippen MR) is 57.8 cm³/mol. The molecule has 0 bridgehead atoms. The summed E-state index contributed by atoms with van der Waals surface area (Å²) >= 11 is 0. The van der Waals surface area contributed by atoms with Crippen LogP contribution in [0.4, 0.5) is 0 Å². The molecule has 0 radical (unpaired) electrons. The first kappa shape index (κ1) is 10.4. The molecular weight excluding hydrogens is 190 g/mol. The van der Waals surface area contributed by atoms with E-state index in [4.69, 9.17) is 4.42 Å². The molecule has 1 aromatic rings. The fourth-order valence-electron chi connectivity index (χ4n) is 1.99. The number of carbonyl (C=O) groups excluding carboxylic acids is 1. The lowest BCUT2D eigenvalue weighted by atomic mass is 10.1. The topological polar surface area (TPSA) is 33.5 Å². The third-order valence-corrected chi connectivity index (χ3v) is 2.84. The van der Waals surface area contributed by atoms with Gasteiger partial charge in [-0.15, -0.1) is 0 Å². The zero-order valence-electron chi connectivity index (χ0n) is 9.16. The van der Waals surface area contributed by atoms with Gasteiger partial charge in [-0.1, -0.05) is 6.42 Å². The van der Waals surface area contributed by atoms with Crippen LogP contribution in [0, 0.1) is 0 Å². The molecule has 0 aromatic carbocycles. The number of piperidine rings is 1. The molecule has 0 N–H and O–H groups in total. The zero-order chi connectivity index (χ0) is 10.7. The Labute approximate surface area is 90.1 Å². The van der Waals surface area contributed by atoms with Crippen LogP contribution in [0.25, 0.3) is 0 Å². The fourth-order valence-corrected chi connectivity index (χ4v) is 1.99. The van der Waals surface area contributed by atoms with Gasteiger partial charge < -0.3 is 4.42 Å². The van der Waals surface area contributed by atoms with Crippen LogP contribution in [0.15, 0.2) is 16.5 Å². The molecule has 0 aliphatic carbocycles. The maximum Gasteiger partial charge on any atom is 0.194 e. The number of rotatable bonds is 3. The van der Waals surface area contributed by atoms with E-state index in [1.807, 2.05) is 6.07 Å². The normalized spacial score (nSPS) is 17.9. The standard InChI is InChI=1S/C12H17NO2/c1-10(14)12-6-5-11(15-12)9-13-7-3-2-4-8-13/h5-6H,2-4,7-9H2,1H3. The van der Waals surface area contributed by atoms with E-state index >= 15 is 0 Å². The highest BCUT2D eigenvalue weighted by atomic mass is 16.3. The van der Waals surface area contributed by atoms with Crippen molar-refractivity contribution in [1.82, 2.24) is 4.90 Å². The van der Waals surface area contributed by atoms with Crippen molar-refractivity contribution in [3.05, 3.63) is 23.7 Å². The van der Waals surface area contributed by atoms with Crippen LogP contribution < -0.4 is 0 Å². The smallest absolute Gasteiger partial charge is 0.194 e. The zero-order valence-corrected chi connectivity index (χ0v) is 9.16. The van der Waals surface area contributed by atoms with Crippen LogP contribution in [-0.2, 0) is 6.54 Å². The lowest BCUT2D eigenvalue weighted by molar-refractivity contribution is 0.0982. The van der Waals surface area contributed by atoms with E-state index in [1.54, 1.807) is 6.07 Å². The van der Waals surface area contributed by atoms with Gasteiger partial charge in [0.05, 0.1) is 6.54 Å². The summed E-state index contributed by atoms with van der Waals surface area (Å²) in [6.07, 6.45) is 3.90. The highest BCUT2D eigenvalue weighted by Crippen LogP contribution is 2.15. The summed E-state index contributed by atoms with van der Waals surface area (Å²) in [5, 5.41) is 0. The number of hydrogen-bond donors (Lipinski definition) is 0. The lowest BCUT2D eigenvalue weighted by Gasteiger charge is -2.25. The average Bonchev–Trinajstić information content (AvgIpc) is 2.68. The van der Waals surface area contributed by atoms with Gasteiger partial charge >= 0.3 is 0 Å². The van der Waals surface area contributed by atoms with Gasteiger partial charge in [0.1, 0.15) is 5.76 Å². The van der Waals surface area contributed by atoms with Crippen molar-refractivity contribution in [3.8, 4) is 0 Å². The number of carbonyl (C=O) groups is 1. The van der Waals surface area contributed by atoms with E-state index in [2.05, 4.69) is 4.90 Å². The SMILES string of the molecule is CC(=O)c1ccc(CN2CCCCC2)o1. The fraction of sp³-hybridized carbons (Fsp3) is 0.583. The first-order valence-corrected chi connectivity index (χ1v) is 5.58. The second-order valence-corrected chi connectivity index (χ2v) is 4.16. The summed E-state index contributed by atoms with van der Waals surface area (Å²) in [5.74, 6) is 1.38. The molecule has 0 saturated carbocycles. The molecule has 3 nitrogen and oxygen atoms in total. The van der Waals surface area contributed by atoms with Crippen molar-refractivity contribution >= 4 is 5.78 Å². The number of Topliss-reactive ketones (excluding diaryl/α,β-unsaturated/α-hetero) is 1. The number of hydrogen-bond acceptors (Lipinski definition) is 3. The molecule has 1 saturated heterocycles. The molecule has 1 aliphatic heterocycles. The Balaban J connectivity index is 1.94. The molecule has 2 heterocycles. The van der Waals surface area contributed by atoms with E-state index in [1.165, 1.54) is 26.2 Å². The molecule has 15 heavy (non-hydrogen) atoms. The second kappa shape index (κ2) is 4.62. The quantitative estimate of drug-likeness (QED) is 0.714. The Hall–Kier alpha value is -1.09. The van der Waals surface area contributed by atoms with Crippen LogP contribution in [0.2, 0.25) is 0 Å². The number of nitrogens with zero attached hydrogens (tertiary/aromatic N) is 1. The molecule has 0 unspecified atom stereocenters. The molecule has 1 aliphatic rings. The maximum atomic E-state index is 11.0. The van der Waals surface area contributed by atoms with E-state index in [9.17, 15) is 4.79 Å². The number of furan rings is 1. The van der Waals surface area contributed by atoms with Crippen LogP contribution >= 0.6 is 0 Å². The molecule has 0 amide bonds. The summed E-state index contributed by atoms with van der Waals surface area (Å²) in [4.78, 5) is 13.4. The van der Waals surface area contributed by atoms with E-state index in [0.29, 0.717) is 5.76 Å². The van der Waals surface area contributed by atoms with Gasteiger partial charge in [-0.2, -0.15) is 0 Å². The number of likely N-dealkylation sites (tertiary alicyclic amines) is 1. The molecule has 0 atom stereocenters. The Bertz CT molecular complexity index is 337. The molecule has 1 fully saturated rings. The van der Waals surface area contributed by atoms with Gasteiger partial charge in [0.25, 0.3) is 0 Å². The minimum absolute atomic E-state index is 0.0000980. The van der Waals surface area contributed by atoms with Crippen molar-refractivity contribution in [2.24, 2.45) is 0 Å². The van der Waals surface area contributed by atoms with Gasteiger partial charge in [-0.3, -0.25) is 9.69 Å². The lowest BCUT2D eigenvalue weighted by Crippen LogP contribution is -2.28. The molecule has 0 spiro atoms. The Morgan fingerprint density at radius 1 is 1.33 bits per heavy atom. The van der Waals surface area contributed by atoms with Gasteiger partial charge in [-0.05, 0) is 38.1 Å². The average molecular weight is 207 g/mol. The third-order valence-electron chi connectivity index (χ3n) is 2.84. The van der Waals surface area contributed by atoms with Gasteiger partial charge in [0, 0.05) is 6.92 Å². The van der Waals surface area contributed by atoms with Crippen molar-refractivity contribution in [2.75, 3.05) is 13.1 Å². The van der Waals surface area contributed by atoms with Crippen LogP contribution in [0.1, 0.15) is 42.5 Å². The van der Waals surface area contributed by atoms with Crippen LogP contribution in [0.5, 0.6) is 0 Å². The molecule has 82 valence electrons. The minimum Gasteiger partial charge on any atom is -0.457 e. The molecular formula is C12H17NO2. The Morgan fingerprint density at radius 3 is 2.67 bits per heavy atom. The Morgan fingerprint density at radius 2 is 2.07 bits per heavy atom. The predicted octanol–water partition coefficient (Wildman–Crippen LogP) is 2.47. The number of ketones is 1. The minimum atomic E-state index is -0.0000980. The summed E-state index contributed by atoms with van der Waals surface area (Å²) in [5.41, 5.74) is 0. The van der Waals surface area contributed by atoms with E-state index in [0.717, 1.165) is 25.4 Å². The van der Waals surface area contributed by atoms with Gasteiger partial charge in [-0.25, -0.2) is 0 Å². The first-order chi connectivity index (χ1) is 7.25. The monoisotopic (exact) mass is 207 g/mol. The van der Waals surface area contributed by atoms with Crippen LogP contribution in [0.3, 0.4) is 0 Å². The summed E-state index contributed by atoms with van der Waals surface area (Å²) in [6.45, 7) is 4.67. The van der Waals surface area contributed by atoms with Crippen molar-refractivity contribution in [3.63, 3.8) is 0 Å². The van der Waals surface area contributed by atoms with Crippen molar-refractivity contribution < 1.29 is 9.21 Å². The third kappa shape index (κ3) is 2.69.